The number of para-hydroxylation sites is 1. The number of rotatable bonds is 3. The minimum absolute atomic E-state index is 0.0184. The Labute approximate surface area is 128 Å². The summed E-state index contributed by atoms with van der Waals surface area (Å²) in [5.74, 6) is 2.64. The molecule has 0 saturated heterocycles. The van der Waals surface area contributed by atoms with Crippen molar-refractivity contribution in [3.05, 3.63) is 41.5 Å². The second-order valence-electron chi connectivity index (χ2n) is 5.83. The van der Waals surface area contributed by atoms with Crippen LogP contribution < -0.4 is 10.1 Å². The normalized spacial score (nSPS) is 19.2. The molecule has 0 fully saturated rings. The van der Waals surface area contributed by atoms with Gasteiger partial charge in [-0.3, -0.25) is 4.79 Å². The molecular formula is C16H18N4O2. The summed E-state index contributed by atoms with van der Waals surface area (Å²) in [5.41, 5.74) is 1.09. The Hall–Kier alpha value is -2.37. The zero-order valence-electron chi connectivity index (χ0n) is 12.3. The first-order chi connectivity index (χ1) is 10.8. The summed E-state index contributed by atoms with van der Waals surface area (Å²) in [6, 6.07) is 7.89. The lowest BCUT2D eigenvalue weighted by molar-refractivity contribution is -0.126. The van der Waals surface area contributed by atoms with Crippen molar-refractivity contribution in [3.8, 4) is 5.75 Å². The summed E-state index contributed by atoms with van der Waals surface area (Å²) < 4.78 is 7.78. The molecule has 1 amide bonds. The van der Waals surface area contributed by atoms with E-state index in [0.717, 1.165) is 48.8 Å². The van der Waals surface area contributed by atoms with E-state index in [1.54, 1.807) is 0 Å². The standard InChI is InChI=1S/C16H18N4O2/c21-16(12-8-11-4-1-2-5-13(11)22-10-12)17-9-15-19-18-14-6-3-7-20(14)15/h1-2,4-5,12H,3,6-10H2,(H,17,21). The minimum Gasteiger partial charge on any atom is -0.492 e. The summed E-state index contributed by atoms with van der Waals surface area (Å²) >= 11 is 0. The molecule has 22 heavy (non-hydrogen) atoms. The van der Waals surface area contributed by atoms with Gasteiger partial charge >= 0.3 is 0 Å². The van der Waals surface area contributed by atoms with Crippen LogP contribution in [0.2, 0.25) is 0 Å². The predicted molar refractivity (Wildman–Crippen MR) is 79.3 cm³/mol. The van der Waals surface area contributed by atoms with E-state index in [0.29, 0.717) is 13.2 Å². The van der Waals surface area contributed by atoms with E-state index in [1.807, 2.05) is 24.3 Å². The largest absolute Gasteiger partial charge is 0.492 e. The molecule has 6 heteroatoms. The molecule has 0 bridgehead atoms. The number of aryl methyl sites for hydroxylation is 1. The number of carbonyl (C=O) groups excluding carboxylic acids is 1. The van der Waals surface area contributed by atoms with Gasteiger partial charge in [0.15, 0.2) is 5.82 Å². The molecule has 4 rings (SSSR count). The zero-order chi connectivity index (χ0) is 14.9. The lowest BCUT2D eigenvalue weighted by atomic mass is 9.96. The molecule has 0 saturated carbocycles. The number of ether oxygens (including phenoxy) is 1. The third-order valence-electron chi connectivity index (χ3n) is 4.36. The monoisotopic (exact) mass is 298 g/mol. The molecule has 3 heterocycles. The summed E-state index contributed by atoms with van der Waals surface area (Å²) in [6.45, 7) is 1.82. The van der Waals surface area contributed by atoms with E-state index in [9.17, 15) is 4.79 Å². The van der Waals surface area contributed by atoms with Gasteiger partial charge in [0.05, 0.1) is 12.5 Å². The highest BCUT2D eigenvalue weighted by molar-refractivity contribution is 5.79. The number of nitrogens with zero attached hydrogens (tertiary/aromatic N) is 3. The number of hydrogen-bond donors (Lipinski definition) is 1. The van der Waals surface area contributed by atoms with Crippen LogP contribution in [0, 0.1) is 5.92 Å². The van der Waals surface area contributed by atoms with Gasteiger partial charge in [0.25, 0.3) is 0 Å². The highest BCUT2D eigenvalue weighted by atomic mass is 16.5. The van der Waals surface area contributed by atoms with Crippen molar-refractivity contribution >= 4 is 5.91 Å². The van der Waals surface area contributed by atoms with Crippen molar-refractivity contribution < 1.29 is 9.53 Å². The van der Waals surface area contributed by atoms with Crippen molar-refractivity contribution in [1.82, 2.24) is 20.1 Å². The van der Waals surface area contributed by atoms with Crippen LogP contribution in [-0.4, -0.2) is 27.3 Å². The predicted octanol–water partition coefficient (Wildman–Crippen LogP) is 1.09. The Morgan fingerprint density at radius 2 is 2.27 bits per heavy atom. The summed E-state index contributed by atoms with van der Waals surface area (Å²) in [7, 11) is 0. The second kappa shape index (κ2) is 5.44. The van der Waals surface area contributed by atoms with E-state index in [4.69, 9.17) is 4.74 Å². The second-order valence-corrected chi connectivity index (χ2v) is 5.83. The number of amides is 1. The maximum atomic E-state index is 12.4. The SMILES string of the molecule is O=C(NCc1nnc2n1CCC2)C1COc2ccccc2C1. The lowest BCUT2D eigenvalue weighted by Gasteiger charge is -2.24. The molecule has 114 valence electrons. The molecule has 1 aromatic heterocycles. The van der Waals surface area contributed by atoms with Crippen LogP contribution in [0.25, 0.3) is 0 Å². The molecule has 1 atom stereocenters. The van der Waals surface area contributed by atoms with Crippen LogP contribution in [0.15, 0.2) is 24.3 Å². The Kier molecular flexibility index (Phi) is 3.29. The van der Waals surface area contributed by atoms with E-state index in [1.165, 1.54) is 0 Å². The Morgan fingerprint density at radius 3 is 3.23 bits per heavy atom. The number of aromatic nitrogens is 3. The molecule has 2 aliphatic rings. The number of carbonyl (C=O) groups is 1. The topological polar surface area (TPSA) is 69.0 Å². The van der Waals surface area contributed by atoms with Gasteiger partial charge in [0.1, 0.15) is 18.2 Å². The summed E-state index contributed by atoms with van der Waals surface area (Å²) in [5, 5.41) is 11.3. The van der Waals surface area contributed by atoms with Crippen LogP contribution in [0.3, 0.4) is 0 Å². The summed E-state index contributed by atoms with van der Waals surface area (Å²) in [4.78, 5) is 12.4. The van der Waals surface area contributed by atoms with E-state index >= 15 is 0 Å². The number of fused-ring (bicyclic) bond motifs is 2. The van der Waals surface area contributed by atoms with Gasteiger partial charge in [0.2, 0.25) is 5.91 Å². The molecule has 2 aromatic rings. The third-order valence-corrected chi connectivity index (χ3v) is 4.36. The first-order valence-corrected chi connectivity index (χ1v) is 7.70. The molecule has 0 aliphatic carbocycles. The number of hydrogen-bond acceptors (Lipinski definition) is 4. The van der Waals surface area contributed by atoms with Crippen LogP contribution in [0.1, 0.15) is 23.6 Å². The maximum Gasteiger partial charge on any atom is 0.227 e. The number of benzene rings is 1. The van der Waals surface area contributed by atoms with Crippen molar-refractivity contribution in [3.63, 3.8) is 0 Å². The third kappa shape index (κ3) is 2.34. The van der Waals surface area contributed by atoms with Gasteiger partial charge in [-0.15, -0.1) is 10.2 Å². The quantitative estimate of drug-likeness (QED) is 0.921. The number of nitrogens with one attached hydrogen (secondary N) is 1. The molecule has 6 nitrogen and oxygen atoms in total. The van der Waals surface area contributed by atoms with Gasteiger partial charge in [-0.25, -0.2) is 0 Å². The van der Waals surface area contributed by atoms with Crippen LogP contribution in [0.5, 0.6) is 5.75 Å². The highest BCUT2D eigenvalue weighted by Crippen LogP contribution is 2.26. The molecule has 1 unspecified atom stereocenters. The van der Waals surface area contributed by atoms with Crippen molar-refractivity contribution in [2.75, 3.05) is 6.61 Å². The first-order valence-electron chi connectivity index (χ1n) is 7.70. The fourth-order valence-corrected chi connectivity index (χ4v) is 3.15. The summed E-state index contributed by atoms with van der Waals surface area (Å²) in [6.07, 6.45) is 2.81. The average molecular weight is 298 g/mol. The fourth-order valence-electron chi connectivity index (χ4n) is 3.15. The molecule has 1 N–H and O–H groups in total. The fraction of sp³-hybridized carbons (Fsp3) is 0.438. The Morgan fingerprint density at radius 1 is 1.36 bits per heavy atom. The van der Waals surface area contributed by atoms with Gasteiger partial charge in [-0.1, -0.05) is 18.2 Å². The van der Waals surface area contributed by atoms with Crippen molar-refractivity contribution in [2.45, 2.75) is 32.4 Å². The Bertz CT molecular complexity index is 710. The van der Waals surface area contributed by atoms with Crippen LogP contribution >= 0.6 is 0 Å². The van der Waals surface area contributed by atoms with Gasteiger partial charge < -0.3 is 14.6 Å². The molecule has 0 radical (unpaired) electrons. The minimum atomic E-state index is -0.143. The van der Waals surface area contributed by atoms with E-state index in [2.05, 4.69) is 20.1 Å². The van der Waals surface area contributed by atoms with Crippen molar-refractivity contribution in [2.24, 2.45) is 5.92 Å². The van der Waals surface area contributed by atoms with Gasteiger partial charge in [0, 0.05) is 13.0 Å². The smallest absolute Gasteiger partial charge is 0.227 e. The molecular weight excluding hydrogens is 280 g/mol. The molecule has 2 aliphatic heterocycles. The Balaban J connectivity index is 1.39. The first kappa shape index (κ1) is 13.3. The molecule has 0 spiro atoms. The van der Waals surface area contributed by atoms with Gasteiger partial charge in [-0.05, 0) is 24.5 Å². The van der Waals surface area contributed by atoms with Gasteiger partial charge in [-0.2, -0.15) is 0 Å². The van der Waals surface area contributed by atoms with Crippen molar-refractivity contribution in [1.29, 1.82) is 0 Å². The lowest BCUT2D eigenvalue weighted by Crippen LogP contribution is -2.37. The maximum absolute atomic E-state index is 12.4. The van der Waals surface area contributed by atoms with Crippen LogP contribution in [0.4, 0.5) is 0 Å². The highest BCUT2D eigenvalue weighted by Gasteiger charge is 2.26. The van der Waals surface area contributed by atoms with Crippen LogP contribution in [-0.2, 0) is 30.7 Å². The van der Waals surface area contributed by atoms with E-state index in [-0.39, 0.29) is 11.8 Å². The molecule has 1 aromatic carbocycles. The average Bonchev–Trinajstić information content (AvgIpc) is 3.16. The zero-order valence-corrected chi connectivity index (χ0v) is 12.3. The van der Waals surface area contributed by atoms with E-state index < -0.39 is 0 Å².